The quantitative estimate of drug-likeness (QED) is 0.478. The van der Waals surface area contributed by atoms with Gasteiger partial charge in [0.15, 0.2) is 0 Å². The van der Waals surface area contributed by atoms with E-state index < -0.39 is 0 Å². The Hall–Kier alpha value is -1.28. The number of hydrogen-bond acceptors (Lipinski definition) is 8. The first kappa shape index (κ1) is 14.8. The number of thioether (sulfide) groups is 1. The minimum absolute atomic E-state index is 0.257. The normalized spacial score (nSPS) is 12.0. The van der Waals surface area contributed by atoms with Crippen molar-refractivity contribution in [3.8, 4) is 6.01 Å². The van der Waals surface area contributed by atoms with Crippen LogP contribution in [0.1, 0.15) is 20.3 Å². The van der Waals surface area contributed by atoms with Crippen molar-refractivity contribution in [3.63, 3.8) is 0 Å². The number of aromatic nitrogens is 3. The van der Waals surface area contributed by atoms with E-state index in [1.54, 1.807) is 11.8 Å². The maximum atomic E-state index is 5.38. The minimum atomic E-state index is 0.257. The van der Waals surface area contributed by atoms with Gasteiger partial charge >= 0.3 is 6.01 Å². The predicted molar refractivity (Wildman–Crippen MR) is 74.9 cm³/mol. The molecule has 1 atom stereocenters. The van der Waals surface area contributed by atoms with E-state index in [0.717, 1.165) is 12.2 Å². The van der Waals surface area contributed by atoms with Gasteiger partial charge in [0.1, 0.15) is 0 Å². The van der Waals surface area contributed by atoms with Crippen molar-refractivity contribution < 1.29 is 4.74 Å². The summed E-state index contributed by atoms with van der Waals surface area (Å²) in [5.41, 5.74) is 2.40. The lowest BCUT2D eigenvalue weighted by atomic mass is 10.4. The number of anilines is 2. The predicted octanol–water partition coefficient (Wildman–Crippen LogP) is 1.11. The highest BCUT2D eigenvalue weighted by atomic mass is 32.2. The molecule has 1 heterocycles. The lowest BCUT2D eigenvalue weighted by Gasteiger charge is -2.13. The number of hydrazine groups is 1. The number of rotatable bonds is 8. The summed E-state index contributed by atoms with van der Waals surface area (Å²) >= 11 is 1.75. The van der Waals surface area contributed by atoms with Crippen LogP contribution in [0, 0.1) is 0 Å². The zero-order valence-corrected chi connectivity index (χ0v) is 11.8. The van der Waals surface area contributed by atoms with E-state index in [1.807, 2.05) is 13.2 Å². The summed E-state index contributed by atoms with van der Waals surface area (Å²) < 4.78 is 5.38. The number of hydrogen-bond donors (Lipinski definition) is 3. The molecule has 1 unspecified atom stereocenters. The molecule has 0 saturated carbocycles. The number of nitrogens with one attached hydrogen (secondary N) is 2. The molecule has 1 rings (SSSR count). The Morgan fingerprint density at radius 1 is 1.33 bits per heavy atom. The fraction of sp³-hybridized carbons (Fsp3) is 0.700. The van der Waals surface area contributed by atoms with E-state index in [1.165, 1.54) is 0 Å². The Labute approximate surface area is 111 Å². The Morgan fingerprint density at radius 2 is 2.06 bits per heavy atom. The molecule has 7 nitrogen and oxygen atoms in total. The second-order valence-corrected chi connectivity index (χ2v) is 4.67. The Kier molecular flexibility index (Phi) is 6.51. The van der Waals surface area contributed by atoms with Crippen LogP contribution in [0.5, 0.6) is 6.01 Å². The average molecular weight is 272 g/mol. The van der Waals surface area contributed by atoms with Gasteiger partial charge in [-0.3, -0.25) is 5.43 Å². The first-order valence-corrected chi connectivity index (χ1v) is 7.20. The maximum Gasteiger partial charge on any atom is 0.323 e. The third kappa shape index (κ3) is 4.92. The monoisotopic (exact) mass is 272 g/mol. The minimum Gasteiger partial charge on any atom is -0.463 e. The van der Waals surface area contributed by atoms with E-state index in [4.69, 9.17) is 10.6 Å². The molecule has 0 saturated heterocycles. The van der Waals surface area contributed by atoms with Crippen LogP contribution in [0.2, 0.25) is 0 Å². The first-order chi connectivity index (χ1) is 8.69. The molecule has 0 bridgehead atoms. The highest BCUT2D eigenvalue weighted by molar-refractivity contribution is 7.98. The van der Waals surface area contributed by atoms with Crippen molar-refractivity contribution in [1.82, 2.24) is 15.0 Å². The van der Waals surface area contributed by atoms with Crippen molar-refractivity contribution in [2.24, 2.45) is 5.84 Å². The SMILES string of the molecule is CCCOc1nc(NN)nc(NC(C)CSC)n1. The third-order valence-corrected chi connectivity index (χ3v) is 2.80. The van der Waals surface area contributed by atoms with Crippen LogP contribution in [-0.4, -0.2) is 39.6 Å². The van der Waals surface area contributed by atoms with Crippen molar-refractivity contribution in [2.75, 3.05) is 29.4 Å². The van der Waals surface area contributed by atoms with E-state index in [9.17, 15) is 0 Å². The number of nitrogen functional groups attached to an aromatic ring is 1. The van der Waals surface area contributed by atoms with E-state index in [2.05, 4.69) is 32.6 Å². The summed E-state index contributed by atoms with van der Waals surface area (Å²) in [6.45, 7) is 4.64. The molecule has 18 heavy (non-hydrogen) atoms. The average Bonchev–Trinajstić information content (AvgIpc) is 2.36. The Balaban J connectivity index is 2.76. The van der Waals surface area contributed by atoms with Crippen LogP contribution >= 0.6 is 11.8 Å². The van der Waals surface area contributed by atoms with Crippen LogP contribution in [0.25, 0.3) is 0 Å². The van der Waals surface area contributed by atoms with Gasteiger partial charge in [-0.15, -0.1) is 0 Å². The molecule has 0 aliphatic heterocycles. The molecule has 0 spiro atoms. The largest absolute Gasteiger partial charge is 0.463 e. The lowest BCUT2D eigenvalue weighted by Crippen LogP contribution is -2.21. The maximum absolute atomic E-state index is 5.38. The fourth-order valence-electron chi connectivity index (χ4n) is 1.26. The highest BCUT2D eigenvalue weighted by Gasteiger charge is 2.09. The summed E-state index contributed by atoms with van der Waals surface area (Å²) in [4.78, 5) is 12.3. The summed E-state index contributed by atoms with van der Waals surface area (Å²) in [7, 11) is 0. The summed E-state index contributed by atoms with van der Waals surface area (Å²) in [5.74, 6) is 7.03. The fourth-order valence-corrected chi connectivity index (χ4v) is 1.84. The topological polar surface area (TPSA) is 98.0 Å². The molecule has 1 aromatic rings. The molecule has 0 radical (unpaired) electrons. The Bertz CT molecular complexity index is 364. The van der Waals surface area contributed by atoms with Crippen molar-refractivity contribution >= 4 is 23.7 Å². The molecule has 0 fully saturated rings. The first-order valence-electron chi connectivity index (χ1n) is 5.80. The van der Waals surface area contributed by atoms with E-state index in [0.29, 0.717) is 12.6 Å². The van der Waals surface area contributed by atoms with Gasteiger partial charge < -0.3 is 10.1 Å². The zero-order chi connectivity index (χ0) is 13.4. The van der Waals surface area contributed by atoms with E-state index >= 15 is 0 Å². The lowest BCUT2D eigenvalue weighted by molar-refractivity contribution is 0.292. The second kappa shape index (κ2) is 7.93. The van der Waals surface area contributed by atoms with Crippen molar-refractivity contribution in [2.45, 2.75) is 26.3 Å². The van der Waals surface area contributed by atoms with Gasteiger partial charge in [-0.05, 0) is 19.6 Å². The molecule has 1 aromatic heterocycles. The standard InChI is InChI=1S/C10H20N6OS/c1-4-5-17-10-14-8(12-7(2)6-18-3)13-9(15-10)16-11/h7H,4-6,11H2,1-3H3,(H2,12,13,14,15,16). The summed E-state index contributed by atoms with van der Waals surface area (Å²) in [5, 5.41) is 3.18. The van der Waals surface area contributed by atoms with Crippen LogP contribution < -0.4 is 21.3 Å². The number of ether oxygens (including phenoxy) is 1. The van der Waals surface area contributed by atoms with Gasteiger partial charge in [-0.1, -0.05) is 6.92 Å². The molecule has 0 aliphatic carbocycles. The molecule has 8 heteroatoms. The van der Waals surface area contributed by atoms with Gasteiger partial charge in [-0.25, -0.2) is 5.84 Å². The molecular weight excluding hydrogens is 252 g/mol. The summed E-state index contributed by atoms with van der Waals surface area (Å²) in [6.07, 6.45) is 2.94. The van der Waals surface area contributed by atoms with Gasteiger partial charge in [0.05, 0.1) is 6.61 Å². The zero-order valence-electron chi connectivity index (χ0n) is 10.9. The molecule has 102 valence electrons. The second-order valence-electron chi connectivity index (χ2n) is 3.76. The third-order valence-electron chi connectivity index (χ3n) is 1.97. The van der Waals surface area contributed by atoms with Crippen molar-refractivity contribution in [3.05, 3.63) is 0 Å². The van der Waals surface area contributed by atoms with Gasteiger partial charge in [0.2, 0.25) is 11.9 Å². The van der Waals surface area contributed by atoms with Crippen molar-refractivity contribution in [1.29, 1.82) is 0 Å². The Morgan fingerprint density at radius 3 is 2.67 bits per heavy atom. The van der Waals surface area contributed by atoms with E-state index in [-0.39, 0.29) is 18.0 Å². The molecule has 4 N–H and O–H groups in total. The van der Waals surface area contributed by atoms with Gasteiger partial charge in [0, 0.05) is 11.8 Å². The van der Waals surface area contributed by atoms with Crippen LogP contribution in [0.15, 0.2) is 0 Å². The van der Waals surface area contributed by atoms with Crippen LogP contribution in [0.4, 0.5) is 11.9 Å². The van der Waals surface area contributed by atoms with Gasteiger partial charge in [0.25, 0.3) is 0 Å². The van der Waals surface area contributed by atoms with Gasteiger partial charge in [-0.2, -0.15) is 26.7 Å². The highest BCUT2D eigenvalue weighted by Crippen LogP contribution is 2.12. The molecule has 0 aromatic carbocycles. The number of nitrogens with zero attached hydrogens (tertiary/aromatic N) is 3. The molecular formula is C10H20N6OS. The van der Waals surface area contributed by atoms with Crippen LogP contribution in [-0.2, 0) is 0 Å². The summed E-state index contributed by atoms with van der Waals surface area (Å²) in [6, 6.07) is 0.533. The molecule has 0 amide bonds. The van der Waals surface area contributed by atoms with Crippen LogP contribution in [0.3, 0.4) is 0 Å². The molecule has 0 aliphatic rings. The number of nitrogens with two attached hydrogens (primary N) is 1. The smallest absolute Gasteiger partial charge is 0.323 e.